The van der Waals surface area contributed by atoms with Gasteiger partial charge >= 0.3 is 0 Å². The van der Waals surface area contributed by atoms with Crippen LogP contribution in [0.4, 0.5) is 11.4 Å². The molecule has 3 N–H and O–H groups in total. The molecule has 16 heavy (non-hydrogen) atoms. The summed E-state index contributed by atoms with van der Waals surface area (Å²) in [5, 5.41) is 9.39. The van der Waals surface area contributed by atoms with E-state index in [1.54, 1.807) is 0 Å². The molecule has 0 saturated carbocycles. The van der Waals surface area contributed by atoms with Gasteiger partial charge in [0.1, 0.15) is 0 Å². The average Bonchev–Trinajstić information content (AvgIpc) is 2.30. The number of anilines is 2. The highest BCUT2D eigenvalue weighted by Crippen LogP contribution is 2.22. The predicted octanol–water partition coefficient (Wildman–Crippen LogP) is 1.78. The van der Waals surface area contributed by atoms with E-state index in [1.807, 2.05) is 30.3 Å². The number of benzene rings is 1. The van der Waals surface area contributed by atoms with Crippen LogP contribution in [0.25, 0.3) is 0 Å². The highest BCUT2D eigenvalue weighted by atomic mass is 16.3. The van der Waals surface area contributed by atoms with Crippen molar-refractivity contribution in [3.63, 3.8) is 0 Å². The smallest absolute Gasteiger partial charge is 0.0722 e. The van der Waals surface area contributed by atoms with Gasteiger partial charge in [0.2, 0.25) is 0 Å². The largest absolute Gasteiger partial charge is 0.399 e. The molecule has 1 aliphatic carbocycles. The Bertz CT molecular complexity index is 372. The molecule has 0 heterocycles. The molecular formula is C13H18N2O. The number of likely N-dealkylation sites (N-methyl/N-ethyl adjacent to an activating group) is 1. The van der Waals surface area contributed by atoms with Crippen molar-refractivity contribution in [3.05, 3.63) is 36.4 Å². The summed E-state index contributed by atoms with van der Waals surface area (Å²) in [5.74, 6) is 0. The lowest BCUT2D eigenvalue weighted by molar-refractivity contribution is 0.201. The third-order valence-electron chi connectivity index (χ3n) is 3.11. The fraction of sp³-hybridized carbons (Fsp3) is 0.385. The normalized spacial score (nSPS) is 24.4. The summed E-state index contributed by atoms with van der Waals surface area (Å²) in [4.78, 5) is 2.21. The molecule has 1 aliphatic rings. The number of rotatable bonds is 2. The van der Waals surface area contributed by atoms with Crippen molar-refractivity contribution in [2.45, 2.75) is 25.0 Å². The number of hydrogen-bond donors (Lipinski definition) is 2. The summed E-state index contributed by atoms with van der Waals surface area (Å²) < 4.78 is 0. The van der Waals surface area contributed by atoms with Gasteiger partial charge in [0, 0.05) is 24.5 Å². The molecule has 3 nitrogen and oxygen atoms in total. The molecule has 0 aliphatic heterocycles. The van der Waals surface area contributed by atoms with Crippen LogP contribution in [0, 0.1) is 0 Å². The number of aliphatic hydroxyl groups excluding tert-OH is 1. The number of nitrogen functional groups attached to an aromatic ring is 1. The maximum Gasteiger partial charge on any atom is 0.0722 e. The maximum absolute atomic E-state index is 9.39. The van der Waals surface area contributed by atoms with E-state index in [1.165, 1.54) is 0 Å². The lowest BCUT2D eigenvalue weighted by atomic mass is 9.99. The molecule has 3 heteroatoms. The van der Waals surface area contributed by atoms with Gasteiger partial charge in [0.05, 0.1) is 6.10 Å². The second-order valence-electron chi connectivity index (χ2n) is 4.30. The van der Waals surface area contributed by atoms with E-state index in [2.05, 4.69) is 18.0 Å². The summed E-state index contributed by atoms with van der Waals surface area (Å²) in [6.07, 6.45) is 5.50. The van der Waals surface area contributed by atoms with Crippen molar-refractivity contribution in [3.8, 4) is 0 Å². The van der Waals surface area contributed by atoms with Crippen LogP contribution in [0.3, 0.4) is 0 Å². The lowest BCUT2D eigenvalue weighted by Crippen LogP contribution is -2.33. The fourth-order valence-corrected chi connectivity index (χ4v) is 2.01. The molecule has 0 aromatic heterocycles. The Kier molecular flexibility index (Phi) is 3.15. The van der Waals surface area contributed by atoms with Gasteiger partial charge in [0.25, 0.3) is 0 Å². The van der Waals surface area contributed by atoms with E-state index in [-0.39, 0.29) is 6.10 Å². The van der Waals surface area contributed by atoms with Gasteiger partial charge in [-0.15, -0.1) is 0 Å². The summed E-state index contributed by atoms with van der Waals surface area (Å²) in [6.45, 7) is 0. The molecular weight excluding hydrogens is 200 g/mol. The highest BCUT2D eigenvalue weighted by Gasteiger charge is 2.17. The Labute approximate surface area is 96.2 Å². The lowest BCUT2D eigenvalue weighted by Gasteiger charge is -2.30. The molecule has 0 saturated heterocycles. The van der Waals surface area contributed by atoms with Crippen LogP contribution in [0.1, 0.15) is 12.8 Å². The molecule has 2 rings (SSSR count). The van der Waals surface area contributed by atoms with E-state index >= 15 is 0 Å². The Hall–Kier alpha value is -1.48. The van der Waals surface area contributed by atoms with Gasteiger partial charge in [-0.25, -0.2) is 0 Å². The van der Waals surface area contributed by atoms with Crippen LogP contribution in [0.15, 0.2) is 36.4 Å². The first-order chi connectivity index (χ1) is 7.66. The monoisotopic (exact) mass is 218 g/mol. The van der Waals surface area contributed by atoms with Crippen LogP contribution >= 0.6 is 0 Å². The Morgan fingerprint density at radius 3 is 2.44 bits per heavy atom. The van der Waals surface area contributed by atoms with Crippen molar-refractivity contribution in [2.24, 2.45) is 0 Å². The molecule has 2 unspecified atom stereocenters. The van der Waals surface area contributed by atoms with Crippen LogP contribution in [0.2, 0.25) is 0 Å². The quantitative estimate of drug-likeness (QED) is 0.587. The number of hydrogen-bond acceptors (Lipinski definition) is 3. The Morgan fingerprint density at radius 1 is 1.19 bits per heavy atom. The number of nitrogens with zero attached hydrogens (tertiary/aromatic N) is 1. The van der Waals surface area contributed by atoms with Crippen molar-refractivity contribution < 1.29 is 5.11 Å². The minimum Gasteiger partial charge on any atom is -0.399 e. The summed E-state index contributed by atoms with van der Waals surface area (Å²) in [5.41, 5.74) is 7.59. The zero-order valence-corrected chi connectivity index (χ0v) is 9.50. The van der Waals surface area contributed by atoms with E-state index in [9.17, 15) is 5.11 Å². The molecule has 1 aromatic rings. The Balaban J connectivity index is 2.10. The Morgan fingerprint density at radius 2 is 1.88 bits per heavy atom. The number of nitrogens with two attached hydrogens (primary N) is 1. The summed E-state index contributed by atoms with van der Waals surface area (Å²) >= 11 is 0. The minimum absolute atomic E-state index is 0.268. The molecule has 86 valence electrons. The first-order valence-corrected chi connectivity index (χ1v) is 5.61. The maximum atomic E-state index is 9.39. The van der Waals surface area contributed by atoms with Gasteiger partial charge in [0.15, 0.2) is 0 Å². The van der Waals surface area contributed by atoms with E-state index in [0.717, 1.165) is 24.2 Å². The standard InChI is InChI=1S/C13H18N2O/c1-15(11-4-2-10(14)3-5-11)12-6-8-13(16)9-7-12/h2-6,8,12-13,16H,7,9,14H2,1H3. The van der Waals surface area contributed by atoms with Gasteiger partial charge in [-0.3, -0.25) is 0 Å². The molecule has 2 atom stereocenters. The first-order valence-electron chi connectivity index (χ1n) is 5.61. The fourth-order valence-electron chi connectivity index (χ4n) is 2.01. The van der Waals surface area contributed by atoms with Crippen LogP contribution in [0.5, 0.6) is 0 Å². The second-order valence-corrected chi connectivity index (χ2v) is 4.30. The van der Waals surface area contributed by atoms with Gasteiger partial charge in [-0.2, -0.15) is 0 Å². The van der Waals surface area contributed by atoms with Gasteiger partial charge < -0.3 is 15.7 Å². The van der Waals surface area contributed by atoms with Crippen LogP contribution in [-0.4, -0.2) is 24.3 Å². The SMILES string of the molecule is CN(c1ccc(N)cc1)C1C=CC(O)CC1. The zero-order chi connectivity index (χ0) is 11.5. The summed E-state index contributed by atoms with van der Waals surface area (Å²) in [7, 11) is 2.07. The second kappa shape index (κ2) is 4.58. The van der Waals surface area contributed by atoms with Crippen LogP contribution < -0.4 is 10.6 Å². The van der Waals surface area contributed by atoms with Crippen molar-refractivity contribution in [1.82, 2.24) is 0 Å². The molecule has 0 radical (unpaired) electrons. The minimum atomic E-state index is -0.268. The summed E-state index contributed by atoms with van der Waals surface area (Å²) in [6, 6.07) is 8.23. The zero-order valence-electron chi connectivity index (χ0n) is 9.50. The molecule has 0 fully saturated rings. The third kappa shape index (κ3) is 2.36. The topological polar surface area (TPSA) is 49.5 Å². The molecule has 0 amide bonds. The third-order valence-corrected chi connectivity index (χ3v) is 3.11. The van der Waals surface area contributed by atoms with Crippen molar-refractivity contribution in [1.29, 1.82) is 0 Å². The van der Waals surface area contributed by atoms with Crippen molar-refractivity contribution >= 4 is 11.4 Å². The van der Waals surface area contributed by atoms with E-state index in [4.69, 9.17) is 5.73 Å². The highest BCUT2D eigenvalue weighted by molar-refractivity contribution is 5.53. The van der Waals surface area contributed by atoms with E-state index in [0.29, 0.717) is 6.04 Å². The van der Waals surface area contributed by atoms with E-state index < -0.39 is 0 Å². The average molecular weight is 218 g/mol. The van der Waals surface area contributed by atoms with Gasteiger partial charge in [-0.05, 0) is 37.1 Å². The first kappa shape index (κ1) is 11.0. The molecule has 1 aromatic carbocycles. The molecule has 0 spiro atoms. The van der Waals surface area contributed by atoms with Crippen molar-refractivity contribution in [2.75, 3.05) is 17.7 Å². The predicted molar refractivity (Wildman–Crippen MR) is 67.4 cm³/mol. The molecule has 0 bridgehead atoms. The number of aliphatic hydroxyl groups is 1. The van der Waals surface area contributed by atoms with Crippen LogP contribution in [-0.2, 0) is 0 Å². The van der Waals surface area contributed by atoms with Gasteiger partial charge in [-0.1, -0.05) is 12.2 Å².